The number of nitrogens with one attached hydrogen (secondary N) is 1. The Balaban J connectivity index is 1.93. The van der Waals surface area contributed by atoms with Crippen LogP contribution in [0.1, 0.15) is 11.1 Å². The van der Waals surface area contributed by atoms with Crippen molar-refractivity contribution in [1.82, 2.24) is 5.32 Å². The van der Waals surface area contributed by atoms with Crippen molar-refractivity contribution in [2.24, 2.45) is 0 Å². The fourth-order valence-electron chi connectivity index (χ4n) is 2.88. The van der Waals surface area contributed by atoms with Gasteiger partial charge in [0.25, 0.3) is 0 Å². The van der Waals surface area contributed by atoms with Crippen molar-refractivity contribution in [3.8, 4) is 5.75 Å². The lowest BCUT2D eigenvalue weighted by Crippen LogP contribution is -2.58. The first kappa shape index (κ1) is 14.5. The molecule has 1 saturated heterocycles. The second-order valence-electron chi connectivity index (χ2n) is 5.50. The molecule has 0 aromatic heterocycles. The average molecular weight is 350 g/mol. The summed E-state index contributed by atoms with van der Waals surface area (Å²) in [5.74, 6) is 0.0640. The molecule has 0 unspecified atom stereocenters. The zero-order valence-corrected chi connectivity index (χ0v) is 13.4. The molecule has 2 nitrogen and oxygen atoms in total. The number of hydrogen-bond donors (Lipinski definition) is 1. The predicted molar refractivity (Wildman–Crippen MR) is 85.3 cm³/mol. The van der Waals surface area contributed by atoms with Gasteiger partial charge >= 0.3 is 0 Å². The molecule has 0 amide bonds. The molecule has 110 valence electrons. The molecule has 0 aliphatic carbocycles. The molecule has 1 fully saturated rings. The molecule has 0 saturated carbocycles. The van der Waals surface area contributed by atoms with Crippen molar-refractivity contribution < 1.29 is 9.13 Å². The van der Waals surface area contributed by atoms with Gasteiger partial charge in [0.15, 0.2) is 11.6 Å². The Bertz CT molecular complexity index is 638. The van der Waals surface area contributed by atoms with Gasteiger partial charge in [-0.25, -0.2) is 4.39 Å². The molecule has 0 bridgehead atoms. The number of hydrogen-bond acceptors (Lipinski definition) is 2. The van der Waals surface area contributed by atoms with Gasteiger partial charge in [-0.1, -0.05) is 40.2 Å². The third kappa shape index (κ3) is 2.70. The Hall–Kier alpha value is -1.39. The second kappa shape index (κ2) is 5.78. The van der Waals surface area contributed by atoms with Crippen LogP contribution in [0.2, 0.25) is 0 Å². The molecule has 1 aliphatic heterocycles. The van der Waals surface area contributed by atoms with Crippen molar-refractivity contribution in [2.75, 3.05) is 20.2 Å². The maximum atomic E-state index is 14.4. The van der Waals surface area contributed by atoms with Crippen LogP contribution in [-0.2, 0) is 11.8 Å². The quantitative estimate of drug-likeness (QED) is 0.908. The number of ether oxygens (including phenoxy) is 1. The van der Waals surface area contributed by atoms with Crippen LogP contribution in [0, 0.1) is 5.82 Å². The van der Waals surface area contributed by atoms with E-state index in [0.29, 0.717) is 17.7 Å². The molecule has 21 heavy (non-hydrogen) atoms. The summed E-state index contributed by atoms with van der Waals surface area (Å²) in [6.07, 6.45) is 0.671. The molecule has 3 rings (SSSR count). The van der Waals surface area contributed by atoms with E-state index < -0.39 is 0 Å². The molecule has 0 radical (unpaired) electrons. The summed E-state index contributed by atoms with van der Waals surface area (Å²) < 4.78 is 20.5. The fraction of sp³-hybridized carbons (Fsp3) is 0.294. The van der Waals surface area contributed by atoms with E-state index in [1.807, 2.05) is 24.3 Å². The van der Waals surface area contributed by atoms with Crippen LogP contribution < -0.4 is 10.1 Å². The van der Waals surface area contributed by atoms with Crippen LogP contribution in [0.5, 0.6) is 5.75 Å². The minimum Gasteiger partial charge on any atom is -0.494 e. The fourth-order valence-corrected chi connectivity index (χ4v) is 3.14. The Kier molecular flexibility index (Phi) is 4.00. The predicted octanol–water partition coefficient (Wildman–Crippen LogP) is 3.68. The highest BCUT2D eigenvalue weighted by Gasteiger charge is 2.39. The first-order chi connectivity index (χ1) is 10.1. The van der Waals surface area contributed by atoms with Crippen LogP contribution in [0.25, 0.3) is 0 Å². The van der Waals surface area contributed by atoms with Gasteiger partial charge in [0.05, 0.1) is 7.11 Å². The smallest absolute Gasteiger partial charge is 0.168 e. The summed E-state index contributed by atoms with van der Waals surface area (Å²) in [5.41, 5.74) is 1.92. The maximum absolute atomic E-state index is 14.4. The molecule has 1 aliphatic rings. The lowest BCUT2D eigenvalue weighted by molar-refractivity contribution is 0.270. The van der Waals surface area contributed by atoms with Gasteiger partial charge in [-0.15, -0.1) is 0 Å². The highest BCUT2D eigenvalue weighted by atomic mass is 79.9. The molecule has 4 heteroatoms. The van der Waals surface area contributed by atoms with E-state index in [4.69, 9.17) is 4.74 Å². The number of halogens is 2. The third-order valence-corrected chi connectivity index (χ3v) is 4.70. The molecule has 0 atom stereocenters. The van der Waals surface area contributed by atoms with Gasteiger partial charge in [0.2, 0.25) is 0 Å². The van der Waals surface area contributed by atoms with Crippen molar-refractivity contribution in [3.63, 3.8) is 0 Å². The average Bonchev–Trinajstić information content (AvgIpc) is 2.46. The zero-order chi connectivity index (χ0) is 14.9. The molecular formula is C17H17BrFNO. The topological polar surface area (TPSA) is 21.3 Å². The first-order valence-electron chi connectivity index (χ1n) is 6.93. The molecule has 0 spiro atoms. The van der Waals surface area contributed by atoms with Crippen molar-refractivity contribution in [2.45, 2.75) is 11.8 Å². The normalized spacial score (nSPS) is 16.3. The monoisotopic (exact) mass is 349 g/mol. The molecule has 1 heterocycles. The van der Waals surface area contributed by atoms with Crippen molar-refractivity contribution in [3.05, 3.63) is 63.9 Å². The number of rotatable bonds is 4. The van der Waals surface area contributed by atoms with Crippen LogP contribution in [0.4, 0.5) is 4.39 Å². The van der Waals surface area contributed by atoms with E-state index in [0.717, 1.165) is 17.6 Å². The van der Waals surface area contributed by atoms with E-state index in [9.17, 15) is 4.39 Å². The highest BCUT2D eigenvalue weighted by Crippen LogP contribution is 2.35. The van der Waals surface area contributed by atoms with Gasteiger partial charge in [-0.2, -0.15) is 0 Å². The standard InChI is InChI=1S/C17H17BrFNO/c1-21-15-4-2-3-12(16(15)19)9-17(10-20-11-17)13-5-7-14(18)8-6-13/h2-8,20H,9-11H2,1H3. The SMILES string of the molecule is COc1cccc(CC2(c3ccc(Br)cc3)CNC2)c1F. The minimum absolute atomic E-state index is 0.0338. The summed E-state index contributed by atoms with van der Waals surface area (Å²) in [6.45, 7) is 1.73. The highest BCUT2D eigenvalue weighted by molar-refractivity contribution is 9.10. The van der Waals surface area contributed by atoms with E-state index in [2.05, 4.69) is 33.4 Å². The van der Waals surface area contributed by atoms with Crippen molar-refractivity contribution in [1.29, 1.82) is 0 Å². The van der Waals surface area contributed by atoms with E-state index in [-0.39, 0.29) is 11.2 Å². The Morgan fingerprint density at radius 1 is 1.19 bits per heavy atom. The summed E-state index contributed by atoms with van der Waals surface area (Å²) >= 11 is 3.46. The number of benzene rings is 2. The Morgan fingerprint density at radius 2 is 1.90 bits per heavy atom. The second-order valence-corrected chi connectivity index (χ2v) is 6.42. The summed E-state index contributed by atoms with van der Waals surface area (Å²) in [5, 5.41) is 3.32. The van der Waals surface area contributed by atoms with Gasteiger partial charge in [0.1, 0.15) is 0 Å². The van der Waals surface area contributed by atoms with Crippen LogP contribution in [-0.4, -0.2) is 20.2 Å². The van der Waals surface area contributed by atoms with Gasteiger partial charge in [-0.3, -0.25) is 0 Å². The molecule has 1 N–H and O–H groups in total. The summed E-state index contributed by atoms with van der Waals surface area (Å²) in [7, 11) is 1.50. The van der Waals surface area contributed by atoms with Crippen LogP contribution in [0.3, 0.4) is 0 Å². The lowest BCUT2D eigenvalue weighted by Gasteiger charge is -2.43. The van der Waals surface area contributed by atoms with Crippen LogP contribution in [0.15, 0.2) is 46.9 Å². The molecular weight excluding hydrogens is 333 g/mol. The third-order valence-electron chi connectivity index (χ3n) is 4.18. The minimum atomic E-state index is -0.247. The molecule has 2 aromatic carbocycles. The largest absolute Gasteiger partial charge is 0.494 e. The van der Waals surface area contributed by atoms with Gasteiger partial charge < -0.3 is 10.1 Å². The summed E-state index contributed by atoms with van der Waals surface area (Å²) in [6, 6.07) is 13.7. The van der Waals surface area contributed by atoms with Crippen molar-refractivity contribution >= 4 is 15.9 Å². The first-order valence-corrected chi connectivity index (χ1v) is 7.72. The Morgan fingerprint density at radius 3 is 2.48 bits per heavy atom. The van der Waals surface area contributed by atoms with Gasteiger partial charge in [0, 0.05) is 23.0 Å². The number of methoxy groups -OCH3 is 1. The van der Waals surface area contributed by atoms with E-state index in [1.165, 1.54) is 12.7 Å². The lowest BCUT2D eigenvalue weighted by atomic mass is 9.71. The van der Waals surface area contributed by atoms with Gasteiger partial charge in [-0.05, 0) is 35.7 Å². The maximum Gasteiger partial charge on any atom is 0.168 e. The zero-order valence-electron chi connectivity index (χ0n) is 11.8. The Labute approximate surface area is 132 Å². The van der Waals surface area contributed by atoms with Crippen LogP contribution >= 0.6 is 15.9 Å². The molecule has 2 aromatic rings. The summed E-state index contributed by atoms with van der Waals surface area (Å²) in [4.78, 5) is 0. The van der Waals surface area contributed by atoms with E-state index in [1.54, 1.807) is 6.07 Å². The van der Waals surface area contributed by atoms with E-state index >= 15 is 0 Å².